The summed E-state index contributed by atoms with van der Waals surface area (Å²) in [5, 5.41) is 15.4. The molecule has 1 atom stereocenters. The first-order chi connectivity index (χ1) is 13.4. The quantitative estimate of drug-likeness (QED) is 0.636. The monoisotopic (exact) mass is 425 g/mol. The summed E-state index contributed by atoms with van der Waals surface area (Å²) in [5.74, 6) is -0.817. The van der Waals surface area contributed by atoms with E-state index in [-0.39, 0.29) is 30.6 Å². The van der Waals surface area contributed by atoms with Crippen LogP contribution in [0.15, 0.2) is 30.3 Å². The second-order valence-corrected chi connectivity index (χ2v) is 8.23. The van der Waals surface area contributed by atoms with Crippen LogP contribution in [0, 0.1) is 5.82 Å². The lowest BCUT2D eigenvalue weighted by molar-refractivity contribution is -0.119. The Labute approximate surface area is 171 Å². The van der Waals surface area contributed by atoms with Gasteiger partial charge in [-0.05, 0) is 43.2 Å². The van der Waals surface area contributed by atoms with Crippen LogP contribution in [0.1, 0.15) is 28.9 Å². The molecule has 0 bridgehead atoms. The number of anilines is 2. The van der Waals surface area contributed by atoms with Crippen LogP contribution in [0.3, 0.4) is 0 Å². The molecule has 28 heavy (non-hydrogen) atoms. The number of amides is 2. The van der Waals surface area contributed by atoms with Gasteiger partial charge < -0.3 is 20.6 Å². The number of benzene rings is 1. The van der Waals surface area contributed by atoms with Crippen LogP contribution in [0.5, 0.6) is 0 Å². The number of halogens is 2. The van der Waals surface area contributed by atoms with Crippen molar-refractivity contribution in [3.8, 4) is 0 Å². The van der Waals surface area contributed by atoms with Crippen LogP contribution < -0.4 is 15.5 Å². The Kier molecular flexibility index (Phi) is 6.88. The molecule has 1 fully saturated rings. The summed E-state index contributed by atoms with van der Waals surface area (Å²) in [6.45, 7) is 0.673. The predicted octanol–water partition coefficient (Wildman–Crippen LogP) is 3.26. The number of thiophene rings is 1. The van der Waals surface area contributed by atoms with Crippen molar-refractivity contribution in [1.29, 1.82) is 0 Å². The van der Waals surface area contributed by atoms with Gasteiger partial charge in [-0.2, -0.15) is 0 Å². The van der Waals surface area contributed by atoms with E-state index in [1.54, 1.807) is 29.2 Å². The first-order valence-corrected chi connectivity index (χ1v) is 10.2. The summed E-state index contributed by atoms with van der Waals surface area (Å²) in [6.07, 6.45) is 1.35. The molecule has 6 nitrogen and oxygen atoms in total. The number of carbonyl (C=O) groups is 2. The third-order valence-corrected chi connectivity index (χ3v) is 5.64. The standard InChI is InChI=1S/C19H21ClFN3O3S/c20-17-7-6-16(28-17)19(27)23-11-13(25)10-22-15-5-4-12(9-14(15)21)24-8-2-1-3-18(24)26/h4-7,9,13,22,25H,1-3,8,10-11H2,(H,23,27)/t13-/m0/s1. The van der Waals surface area contributed by atoms with Crippen LogP contribution in [0.2, 0.25) is 4.34 Å². The zero-order valence-corrected chi connectivity index (χ0v) is 16.7. The van der Waals surface area contributed by atoms with Crippen LogP contribution in [-0.2, 0) is 4.79 Å². The number of nitrogens with zero attached hydrogens (tertiary/aromatic N) is 1. The number of hydrogen-bond donors (Lipinski definition) is 3. The molecule has 1 aliphatic rings. The van der Waals surface area contributed by atoms with Crippen molar-refractivity contribution < 1.29 is 19.1 Å². The molecule has 1 saturated heterocycles. The topological polar surface area (TPSA) is 81.7 Å². The van der Waals surface area contributed by atoms with E-state index < -0.39 is 11.9 Å². The smallest absolute Gasteiger partial charge is 0.261 e. The number of rotatable bonds is 7. The van der Waals surface area contributed by atoms with Crippen LogP contribution in [0.4, 0.5) is 15.8 Å². The number of aliphatic hydroxyl groups excluding tert-OH is 1. The van der Waals surface area contributed by atoms with Crippen molar-refractivity contribution >= 4 is 46.1 Å². The Hall–Kier alpha value is -2.16. The Morgan fingerprint density at radius 1 is 1.29 bits per heavy atom. The lowest BCUT2D eigenvalue weighted by Gasteiger charge is -2.27. The largest absolute Gasteiger partial charge is 0.389 e. The van der Waals surface area contributed by atoms with Gasteiger partial charge in [0.2, 0.25) is 5.91 Å². The summed E-state index contributed by atoms with van der Waals surface area (Å²) in [4.78, 5) is 25.9. The zero-order valence-electron chi connectivity index (χ0n) is 15.1. The molecular formula is C19H21ClFN3O3S. The Morgan fingerprint density at radius 3 is 2.79 bits per heavy atom. The number of piperidine rings is 1. The number of nitrogens with one attached hydrogen (secondary N) is 2. The van der Waals surface area contributed by atoms with Gasteiger partial charge in [0, 0.05) is 31.7 Å². The molecule has 0 saturated carbocycles. The molecule has 0 aliphatic carbocycles. The highest BCUT2D eigenvalue weighted by Gasteiger charge is 2.20. The van der Waals surface area contributed by atoms with E-state index in [9.17, 15) is 19.1 Å². The van der Waals surface area contributed by atoms with Crippen molar-refractivity contribution in [3.63, 3.8) is 0 Å². The lowest BCUT2D eigenvalue weighted by atomic mass is 10.1. The second kappa shape index (κ2) is 9.36. The molecule has 1 aliphatic heterocycles. The van der Waals surface area contributed by atoms with E-state index in [1.165, 1.54) is 6.07 Å². The molecule has 0 spiro atoms. The zero-order chi connectivity index (χ0) is 20.1. The fourth-order valence-electron chi connectivity index (χ4n) is 2.93. The summed E-state index contributed by atoms with van der Waals surface area (Å²) in [5.41, 5.74) is 0.763. The van der Waals surface area contributed by atoms with Gasteiger partial charge in [-0.1, -0.05) is 11.6 Å². The highest BCUT2D eigenvalue weighted by atomic mass is 35.5. The number of carbonyl (C=O) groups excluding carboxylic acids is 2. The molecule has 1 aromatic carbocycles. The maximum Gasteiger partial charge on any atom is 0.261 e. The van der Waals surface area contributed by atoms with Gasteiger partial charge >= 0.3 is 0 Å². The SMILES string of the molecule is O=C(NC[C@@H](O)CNc1ccc(N2CCCCC2=O)cc1F)c1ccc(Cl)s1. The van der Waals surface area contributed by atoms with Gasteiger partial charge in [0.25, 0.3) is 5.91 Å². The molecular weight excluding hydrogens is 405 g/mol. The Bertz CT molecular complexity index is 861. The third kappa shape index (κ3) is 5.21. The van der Waals surface area contributed by atoms with Gasteiger partial charge in [-0.15, -0.1) is 11.3 Å². The first kappa shape index (κ1) is 20.6. The maximum absolute atomic E-state index is 14.4. The number of hydrogen-bond acceptors (Lipinski definition) is 5. The van der Waals surface area contributed by atoms with Crippen LogP contribution in [-0.4, -0.2) is 42.7 Å². The Balaban J connectivity index is 1.49. The highest BCUT2D eigenvalue weighted by molar-refractivity contribution is 7.17. The predicted molar refractivity (Wildman–Crippen MR) is 109 cm³/mol. The molecule has 3 N–H and O–H groups in total. The average molecular weight is 426 g/mol. The fraction of sp³-hybridized carbons (Fsp3) is 0.368. The normalized spacial score (nSPS) is 15.4. The van der Waals surface area contributed by atoms with Crippen LogP contribution >= 0.6 is 22.9 Å². The van der Waals surface area contributed by atoms with Crippen molar-refractivity contribution in [2.75, 3.05) is 29.9 Å². The molecule has 9 heteroatoms. The van der Waals surface area contributed by atoms with Crippen LogP contribution in [0.25, 0.3) is 0 Å². The van der Waals surface area contributed by atoms with Crippen molar-refractivity contribution in [2.45, 2.75) is 25.4 Å². The molecule has 0 radical (unpaired) electrons. The van der Waals surface area contributed by atoms with Crippen molar-refractivity contribution in [2.24, 2.45) is 0 Å². The summed E-state index contributed by atoms with van der Waals surface area (Å²) >= 11 is 6.94. The third-order valence-electron chi connectivity index (χ3n) is 4.41. The molecule has 2 heterocycles. The average Bonchev–Trinajstić information content (AvgIpc) is 3.12. The molecule has 1 aromatic heterocycles. The van der Waals surface area contributed by atoms with Crippen molar-refractivity contribution in [3.05, 3.63) is 45.4 Å². The van der Waals surface area contributed by atoms with E-state index in [4.69, 9.17) is 11.6 Å². The Morgan fingerprint density at radius 2 is 2.11 bits per heavy atom. The summed E-state index contributed by atoms with van der Waals surface area (Å²) in [6, 6.07) is 7.79. The summed E-state index contributed by atoms with van der Waals surface area (Å²) < 4.78 is 14.9. The van der Waals surface area contributed by atoms with E-state index in [1.807, 2.05) is 0 Å². The highest BCUT2D eigenvalue weighted by Crippen LogP contribution is 2.25. The minimum atomic E-state index is -0.901. The van der Waals surface area contributed by atoms with E-state index in [0.29, 0.717) is 27.9 Å². The van der Waals surface area contributed by atoms with E-state index in [2.05, 4.69) is 10.6 Å². The molecule has 0 unspecified atom stereocenters. The van der Waals surface area contributed by atoms with Gasteiger partial charge in [-0.3, -0.25) is 9.59 Å². The van der Waals surface area contributed by atoms with E-state index >= 15 is 0 Å². The minimum absolute atomic E-state index is 0.00421. The minimum Gasteiger partial charge on any atom is -0.389 e. The second-order valence-electron chi connectivity index (χ2n) is 6.52. The fourth-order valence-corrected chi connectivity index (χ4v) is 3.89. The van der Waals surface area contributed by atoms with E-state index in [0.717, 1.165) is 24.2 Å². The molecule has 2 aromatic rings. The van der Waals surface area contributed by atoms with Gasteiger partial charge in [-0.25, -0.2) is 4.39 Å². The number of aliphatic hydroxyl groups is 1. The van der Waals surface area contributed by atoms with Crippen molar-refractivity contribution in [1.82, 2.24) is 5.32 Å². The maximum atomic E-state index is 14.4. The lowest BCUT2D eigenvalue weighted by Crippen LogP contribution is -2.36. The van der Waals surface area contributed by atoms with Gasteiger partial charge in [0.1, 0.15) is 5.82 Å². The molecule has 150 valence electrons. The van der Waals surface area contributed by atoms with Gasteiger partial charge in [0.05, 0.1) is 21.0 Å². The molecule has 3 rings (SSSR count). The first-order valence-electron chi connectivity index (χ1n) is 8.99. The van der Waals surface area contributed by atoms with Gasteiger partial charge in [0.15, 0.2) is 0 Å². The summed E-state index contributed by atoms with van der Waals surface area (Å²) in [7, 11) is 0. The molecule has 2 amide bonds.